The van der Waals surface area contributed by atoms with Gasteiger partial charge in [0.1, 0.15) is 11.6 Å². The fourth-order valence-electron chi connectivity index (χ4n) is 4.47. The molecule has 0 radical (unpaired) electrons. The summed E-state index contributed by atoms with van der Waals surface area (Å²) in [6.45, 7) is 4.19. The molecule has 0 aliphatic carbocycles. The highest BCUT2D eigenvalue weighted by atomic mass is 16.5. The minimum Gasteiger partial charge on any atom is -0.497 e. The lowest BCUT2D eigenvalue weighted by atomic mass is 9.92. The molecule has 4 rings (SSSR count). The molecule has 1 saturated heterocycles. The van der Waals surface area contributed by atoms with Gasteiger partial charge in [0, 0.05) is 30.3 Å². The summed E-state index contributed by atoms with van der Waals surface area (Å²) in [6, 6.07) is 7.34. The van der Waals surface area contributed by atoms with Gasteiger partial charge in [-0.05, 0) is 45.2 Å². The number of methoxy groups -OCH3 is 1. The predicted octanol–water partition coefficient (Wildman–Crippen LogP) is 2.61. The molecule has 164 valence electrons. The van der Waals surface area contributed by atoms with Crippen LogP contribution in [0.4, 0.5) is 17.5 Å². The van der Waals surface area contributed by atoms with Crippen LogP contribution < -0.4 is 25.8 Å². The molecule has 3 heterocycles. The number of piperidine rings is 1. The molecule has 9 nitrogen and oxygen atoms in total. The van der Waals surface area contributed by atoms with Crippen molar-refractivity contribution in [1.29, 1.82) is 0 Å². The van der Waals surface area contributed by atoms with Crippen molar-refractivity contribution < 1.29 is 14.3 Å². The smallest absolute Gasteiger partial charge is 0.258 e. The van der Waals surface area contributed by atoms with Gasteiger partial charge >= 0.3 is 0 Å². The van der Waals surface area contributed by atoms with Crippen LogP contribution in [0.1, 0.15) is 51.0 Å². The summed E-state index contributed by atoms with van der Waals surface area (Å²) in [4.78, 5) is 47.9. The van der Waals surface area contributed by atoms with Crippen LogP contribution in [0.2, 0.25) is 0 Å². The zero-order valence-electron chi connectivity index (χ0n) is 17.9. The van der Waals surface area contributed by atoms with Crippen LogP contribution in [0.25, 0.3) is 0 Å². The Morgan fingerprint density at radius 2 is 1.97 bits per heavy atom. The van der Waals surface area contributed by atoms with Crippen molar-refractivity contribution >= 4 is 29.3 Å². The Hall–Kier alpha value is -3.36. The molecule has 0 unspecified atom stereocenters. The molecule has 3 atom stereocenters. The van der Waals surface area contributed by atoms with Gasteiger partial charge in [-0.1, -0.05) is 6.07 Å². The molecular formula is C22H27N5O4. The van der Waals surface area contributed by atoms with E-state index >= 15 is 0 Å². The Labute approximate surface area is 180 Å². The van der Waals surface area contributed by atoms with Crippen molar-refractivity contribution in [3.8, 4) is 5.75 Å². The Morgan fingerprint density at radius 1 is 1.23 bits per heavy atom. The number of aromatic nitrogens is 2. The Balaban J connectivity index is 1.66. The second-order valence-electron chi connectivity index (χ2n) is 8.21. The van der Waals surface area contributed by atoms with Crippen LogP contribution in [0.5, 0.6) is 5.75 Å². The first-order valence-electron chi connectivity index (χ1n) is 10.5. The van der Waals surface area contributed by atoms with Crippen LogP contribution in [-0.2, 0) is 9.59 Å². The number of hydrogen-bond acceptors (Lipinski definition) is 6. The van der Waals surface area contributed by atoms with E-state index in [9.17, 15) is 14.4 Å². The highest BCUT2D eigenvalue weighted by Crippen LogP contribution is 2.32. The maximum absolute atomic E-state index is 13.0. The predicted molar refractivity (Wildman–Crippen MR) is 118 cm³/mol. The molecule has 0 bridgehead atoms. The molecule has 2 amide bonds. The van der Waals surface area contributed by atoms with Crippen molar-refractivity contribution in [3.63, 3.8) is 0 Å². The van der Waals surface area contributed by atoms with E-state index in [0.717, 1.165) is 19.3 Å². The molecule has 9 heteroatoms. The van der Waals surface area contributed by atoms with E-state index in [-0.39, 0.29) is 35.8 Å². The summed E-state index contributed by atoms with van der Waals surface area (Å²) in [6.07, 6.45) is 3.01. The average molecular weight is 425 g/mol. The van der Waals surface area contributed by atoms with Crippen molar-refractivity contribution in [2.24, 2.45) is 0 Å². The third-order valence-electron chi connectivity index (χ3n) is 6.03. The van der Waals surface area contributed by atoms with Crippen LogP contribution in [-0.4, -0.2) is 41.0 Å². The number of hydrogen-bond donors (Lipinski definition) is 3. The minimum absolute atomic E-state index is 0.122. The topological polar surface area (TPSA) is 116 Å². The van der Waals surface area contributed by atoms with Crippen molar-refractivity contribution in [2.75, 3.05) is 22.6 Å². The number of ether oxygens (including phenoxy) is 1. The van der Waals surface area contributed by atoms with E-state index in [1.807, 2.05) is 0 Å². The molecule has 1 aromatic carbocycles. The molecule has 31 heavy (non-hydrogen) atoms. The largest absolute Gasteiger partial charge is 0.497 e. The summed E-state index contributed by atoms with van der Waals surface area (Å²) in [5, 5.41) is 5.46. The zero-order chi connectivity index (χ0) is 22.1. The average Bonchev–Trinajstić information content (AvgIpc) is 2.73. The van der Waals surface area contributed by atoms with Gasteiger partial charge in [0.2, 0.25) is 17.8 Å². The number of nitrogens with zero attached hydrogens (tertiary/aromatic N) is 2. The molecule has 0 saturated carbocycles. The fraction of sp³-hybridized carbons (Fsp3) is 0.455. The van der Waals surface area contributed by atoms with Crippen molar-refractivity contribution in [2.45, 2.75) is 57.5 Å². The number of nitrogens with one attached hydrogen (secondary N) is 3. The Morgan fingerprint density at radius 3 is 2.68 bits per heavy atom. The van der Waals surface area contributed by atoms with E-state index in [1.54, 1.807) is 24.3 Å². The number of benzene rings is 1. The van der Waals surface area contributed by atoms with Gasteiger partial charge in [0.15, 0.2) is 0 Å². The van der Waals surface area contributed by atoms with E-state index in [2.05, 4.69) is 39.3 Å². The van der Waals surface area contributed by atoms with Crippen molar-refractivity contribution in [3.05, 3.63) is 40.2 Å². The number of H-pyrrole nitrogens is 1. The molecule has 3 N–H and O–H groups in total. The van der Waals surface area contributed by atoms with Crippen LogP contribution in [0.15, 0.2) is 29.1 Å². The fourth-order valence-corrected chi connectivity index (χ4v) is 4.47. The van der Waals surface area contributed by atoms with Gasteiger partial charge in [-0.3, -0.25) is 19.4 Å². The molecular weight excluding hydrogens is 398 g/mol. The number of carbonyl (C=O) groups excluding carboxylic acids is 2. The van der Waals surface area contributed by atoms with Crippen molar-refractivity contribution in [1.82, 2.24) is 9.97 Å². The second kappa shape index (κ2) is 8.41. The van der Waals surface area contributed by atoms with Gasteiger partial charge in [-0.2, -0.15) is 4.98 Å². The maximum Gasteiger partial charge on any atom is 0.258 e. The molecule has 2 aliphatic rings. The normalized spacial score (nSPS) is 23.0. The zero-order valence-corrected chi connectivity index (χ0v) is 17.9. The highest BCUT2D eigenvalue weighted by Gasteiger charge is 2.36. The quantitative estimate of drug-likeness (QED) is 0.693. The number of rotatable bonds is 4. The van der Waals surface area contributed by atoms with E-state index < -0.39 is 17.4 Å². The molecule has 2 aliphatic heterocycles. The van der Waals surface area contributed by atoms with Gasteiger partial charge in [-0.15, -0.1) is 0 Å². The van der Waals surface area contributed by atoms with Gasteiger partial charge in [0.05, 0.1) is 18.6 Å². The SMILES string of the molecule is COc1cccc(NC(=O)[C@H]2CC(=O)Nc3nc(N4[C@H](C)CCC[C@@H]4C)[nH]c(=O)c32)c1. The Bertz CT molecular complexity index is 1060. The van der Waals surface area contributed by atoms with Gasteiger partial charge in [0.25, 0.3) is 5.56 Å². The van der Waals surface area contributed by atoms with Crippen LogP contribution in [0, 0.1) is 0 Å². The summed E-state index contributed by atoms with van der Waals surface area (Å²) >= 11 is 0. The van der Waals surface area contributed by atoms with Crippen LogP contribution in [0.3, 0.4) is 0 Å². The highest BCUT2D eigenvalue weighted by molar-refractivity contribution is 6.04. The number of amides is 2. The summed E-state index contributed by atoms with van der Waals surface area (Å²) in [7, 11) is 1.54. The third-order valence-corrected chi connectivity index (χ3v) is 6.03. The van der Waals surface area contributed by atoms with Gasteiger partial charge in [-0.25, -0.2) is 0 Å². The summed E-state index contributed by atoms with van der Waals surface area (Å²) in [5.74, 6) is -0.542. The summed E-state index contributed by atoms with van der Waals surface area (Å²) in [5.41, 5.74) is 0.297. The van der Waals surface area contributed by atoms with Crippen LogP contribution >= 0.6 is 0 Å². The van der Waals surface area contributed by atoms with Gasteiger partial charge < -0.3 is 20.3 Å². The first-order chi connectivity index (χ1) is 14.9. The Kier molecular flexibility index (Phi) is 5.67. The number of anilines is 3. The minimum atomic E-state index is -0.934. The number of fused-ring (bicyclic) bond motifs is 1. The monoisotopic (exact) mass is 425 g/mol. The molecule has 1 aromatic heterocycles. The molecule has 0 spiro atoms. The summed E-state index contributed by atoms with van der Waals surface area (Å²) < 4.78 is 5.18. The first-order valence-corrected chi connectivity index (χ1v) is 10.5. The lowest BCUT2D eigenvalue weighted by molar-refractivity contribution is -0.123. The molecule has 1 fully saturated rings. The lowest BCUT2D eigenvalue weighted by Crippen LogP contribution is -2.46. The molecule has 2 aromatic rings. The van der Waals surface area contributed by atoms with E-state index in [0.29, 0.717) is 17.4 Å². The first kappa shape index (κ1) is 20.9. The number of aromatic amines is 1. The second-order valence-corrected chi connectivity index (χ2v) is 8.21. The standard InChI is InChI=1S/C22H27N5O4/c1-12-6-4-7-13(2)27(12)22-25-19-18(21(30)26-22)16(11-17(28)24-19)20(29)23-14-8-5-9-15(10-14)31-3/h5,8-10,12-13,16H,4,6-7,11H2,1-3H3,(H,23,29)(H2,24,25,26,28,30)/t12-,13+,16-/m0/s1. The third kappa shape index (κ3) is 4.12. The maximum atomic E-state index is 13.0. The number of carbonyl (C=O) groups is 2. The lowest BCUT2D eigenvalue weighted by Gasteiger charge is -2.39. The van der Waals surface area contributed by atoms with E-state index in [4.69, 9.17) is 4.74 Å². The van der Waals surface area contributed by atoms with E-state index in [1.165, 1.54) is 7.11 Å².